The van der Waals surface area contributed by atoms with Crippen molar-refractivity contribution in [3.05, 3.63) is 24.0 Å². The van der Waals surface area contributed by atoms with E-state index in [1.165, 1.54) is 0 Å². The molecule has 0 N–H and O–H groups in total. The largest absolute Gasteiger partial charge is 0.444 e. The Morgan fingerprint density at radius 3 is 2.91 bits per heavy atom. The highest BCUT2D eigenvalue weighted by Crippen LogP contribution is 2.32. The minimum absolute atomic E-state index is 0.0173. The van der Waals surface area contributed by atoms with Gasteiger partial charge >= 0.3 is 6.09 Å². The lowest BCUT2D eigenvalue weighted by Gasteiger charge is -2.27. The zero-order valence-electron chi connectivity index (χ0n) is 13.2. The van der Waals surface area contributed by atoms with Crippen LogP contribution in [-0.2, 0) is 16.0 Å². The molecule has 0 aromatic carbocycles. The third-order valence-electron chi connectivity index (χ3n) is 3.93. The van der Waals surface area contributed by atoms with E-state index in [2.05, 4.69) is 4.98 Å². The Bertz CT molecular complexity index is 609. The van der Waals surface area contributed by atoms with Gasteiger partial charge in [-0.1, -0.05) is 0 Å². The monoisotopic (exact) mass is 303 g/mol. The summed E-state index contributed by atoms with van der Waals surface area (Å²) in [5.41, 5.74) is 1.39. The zero-order chi connectivity index (χ0) is 15.9. The van der Waals surface area contributed by atoms with Crippen molar-refractivity contribution in [3.8, 4) is 0 Å². The molecule has 3 rings (SSSR count). The van der Waals surface area contributed by atoms with Gasteiger partial charge < -0.3 is 14.5 Å². The lowest BCUT2D eigenvalue weighted by Crippen LogP contribution is -2.42. The Morgan fingerprint density at radius 1 is 1.41 bits per heavy atom. The van der Waals surface area contributed by atoms with Crippen LogP contribution in [0.1, 0.15) is 32.8 Å². The number of carbonyl (C=O) groups excluding carboxylic acids is 2. The third-order valence-corrected chi connectivity index (χ3v) is 3.93. The fourth-order valence-electron chi connectivity index (χ4n) is 3.02. The molecule has 6 heteroatoms. The number of hydrogen-bond donors (Lipinski definition) is 0. The van der Waals surface area contributed by atoms with Crippen molar-refractivity contribution in [2.24, 2.45) is 0 Å². The van der Waals surface area contributed by atoms with Crippen molar-refractivity contribution in [1.29, 1.82) is 0 Å². The van der Waals surface area contributed by atoms with Gasteiger partial charge in [-0.3, -0.25) is 9.78 Å². The summed E-state index contributed by atoms with van der Waals surface area (Å²) in [6.45, 7) is 6.69. The van der Waals surface area contributed by atoms with E-state index in [4.69, 9.17) is 4.74 Å². The van der Waals surface area contributed by atoms with Gasteiger partial charge in [-0.25, -0.2) is 4.79 Å². The molecule has 1 aromatic rings. The molecule has 0 aliphatic carbocycles. The summed E-state index contributed by atoms with van der Waals surface area (Å²) >= 11 is 0. The summed E-state index contributed by atoms with van der Waals surface area (Å²) in [5, 5.41) is 0. The van der Waals surface area contributed by atoms with Crippen LogP contribution in [0, 0.1) is 0 Å². The number of nitrogens with zero attached hydrogens (tertiary/aromatic N) is 3. The molecule has 0 spiro atoms. The van der Waals surface area contributed by atoms with E-state index in [0.717, 1.165) is 17.7 Å². The van der Waals surface area contributed by atoms with Crippen LogP contribution in [0.4, 0.5) is 10.5 Å². The first-order chi connectivity index (χ1) is 10.3. The van der Waals surface area contributed by atoms with Gasteiger partial charge in [0.25, 0.3) is 0 Å². The summed E-state index contributed by atoms with van der Waals surface area (Å²) in [6.07, 6.45) is 4.30. The van der Waals surface area contributed by atoms with Gasteiger partial charge in [0.05, 0.1) is 18.2 Å². The highest BCUT2D eigenvalue weighted by atomic mass is 16.6. The van der Waals surface area contributed by atoms with Crippen LogP contribution >= 0.6 is 0 Å². The van der Waals surface area contributed by atoms with E-state index in [9.17, 15) is 9.59 Å². The average molecular weight is 303 g/mol. The average Bonchev–Trinajstić information content (AvgIpc) is 2.99. The Hall–Kier alpha value is -2.11. The zero-order valence-corrected chi connectivity index (χ0v) is 13.2. The first kappa shape index (κ1) is 14.8. The minimum Gasteiger partial charge on any atom is -0.444 e. The van der Waals surface area contributed by atoms with E-state index in [0.29, 0.717) is 19.5 Å². The van der Waals surface area contributed by atoms with Crippen molar-refractivity contribution in [1.82, 2.24) is 9.88 Å². The quantitative estimate of drug-likeness (QED) is 0.796. The van der Waals surface area contributed by atoms with E-state index in [-0.39, 0.29) is 18.0 Å². The Morgan fingerprint density at radius 2 is 2.18 bits per heavy atom. The van der Waals surface area contributed by atoms with Crippen LogP contribution < -0.4 is 4.90 Å². The van der Waals surface area contributed by atoms with Crippen molar-refractivity contribution in [2.45, 2.75) is 45.3 Å². The Labute approximate surface area is 130 Å². The molecule has 0 radical (unpaired) electrons. The normalized spacial score (nSPS) is 21.2. The molecule has 2 aliphatic heterocycles. The molecule has 118 valence electrons. The number of ether oxygens (including phenoxy) is 1. The molecule has 1 unspecified atom stereocenters. The van der Waals surface area contributed by atoms with Gasteiger partial charge in [-0.15, -0.1) is 0 Å². The standard InChI is InChI=1S/C16H21N3O3/c1-16(2,3)22-15(21)18-7-5-12(10-18)19-13-4-6-17-9-11(13)8-14(19)20/h4,6,9,12H,5,7-8,10H2,1-3H3. The predicted molar refractivity (Wildman–Crippen MR) is 81.6 cm³/mol. The topological polar surface area (TPSA) is 62.7 Å². The number of amides is 2. The lowest BCUT2D eigenvalue weighted by molar-refractivity contribution is -0.117. The molecule has 1 saturated heterocycles. The number of carbonyl (C=O) groups is 2. The molecule has 0 bridgehead atoms. The second-order valence-corrected chi connectivity index (χ2v) is 6.81. The van der Waals surface area contributed by atoms with Crippen molar-refractivity contribution in [2.75, 3.05) is 18.0 Å². The Kier molecular flexibility index (Phi) is 3.54. The third kappa shape index (κ3) is 2.77. The van der Waals surface area contributed by atoms with Crippen molar-refractivity contribution < 1.29 is 14.3 Å². The molecule has 2 aliphatic rings. The molecule has 0 saturated carbocycles. The molecule has 1 atom stereocenters. The van der Waals surface area contributed by atoms with Gasteiger partial charge in [-0.05, 0) is 33.3 Å². The SMILES string of the molecule is CC(C)(C)OC(=O)N1CCC(N2C(=O)Cc3cnccc32)C1. The summed E-state index contributed by atoms with van der Waals surface area (Å²) < 4.78 is 5.40. The number of likely N-dealkylation sites (tertiary alicyclic amines) is 1. The number of hydrogen-bond acceptors (Lipinski definition) is 4. The highest BCUT2D eigenvalue weighted by molar-refractivity contribution is 6.01. The number of fused-ring (bicyclic) bond motifs is 1. The van der Waals surface area contributed by atoms with E-state index < -0.39 is 5.60 Å². The fraction of sp³-hybridized carbons (Fsp3) is 0.562. The second-order valence-electron chi connectivity index (χ2n) is 6.81. The summed E-state index contributed by atoms with van der Waals surface area (Å²) in [5.74, 6) is 0.0824. The first-order valence-corrected chi connectivity index (χ1v) is 7.58. The van der Waals surface area contributed by atoms with Crippen LogP contribution in [0.2, 0.25) is 0 Å². The van der Waals surface area contributed by atoms with Gasteiger partial charge in [0.15, 0.2) is 0 Å². The molecule has 6 nitrogen and oxygen atoms in total. The number of pyridine rings is 1. The van der Waals surface area contributed by atoms with Crippen LogP contribution in [0.3, 0.4) is 0 Å². The van der Waals surface area contributed by atoms with Crippen LogP contribution in [0.25, 0.3) is 0 Å². The lowest BCUT2D eigenvalue weighted by atomic mass is 10.2. The second kappa shape index (κ2) is 5.26. The van der Waals surface area contributed by atoms with E-state index >= 15 is 0 Å². The van der Waals surface area contributed by atoms with Crippen LogP contribution in [-0.4, -0.2) is 46.6 Å². The van der Waals surface area contributed by atoms with Crippen LogP contribution in [0.5, 0.6) is 0 Å². The number of anilines is 1. The highest BCUT2D eigenvalue weighted by Gasteiger charge is 2.38. The summed E-state index contributed by atoms with van der Waals surface area (Å²) in [6, 6.07) is 1.89. The summed E-state index contributed by atoms with van der Waals surface area (Å²) in [4.78, 5) is 32.0. The number of rotatable bonds is 1. The fourth-order valence-corrected chi connectivity index (χ4v) is 3.02. The van der Waals surface area contributed by atoms with E-state index in [1.54, 1.807) is 17.3 Å². The maximum atomic E-state index is 12.3. The minimum atomic E-state index is -0.503. The van der Waals surface area contributed by atoms with E-state index in [1.807, 2.05) is 31.7 Å². The summed E-state index contributed by atoms with van der Waals surface area (Å²) in [7, 11) is 0. The van der Waals surface area contributed by atoms with Crippen LogP contribution in [0.15, 0.2) is 18.5 Å². The Balaban J connectivity index is 1.71. The molecule has 2 amide bonds. The first-order valence-electron chi connectivity index (χ1n) is 7.58. The van der Waals surface area contributed by atoms with Gasteiger partial charge in [-0.2, -0.15) is 0 Å². The van der Waals surface area contributed by atoms with Gasteiger partial charge in [0.2, 0.25) is 5.91 Å². The molecular formula is C16H21N3O3. The molecule has 1 fully saturated rings. The molecule has 3 heterocycles. The van der Waals surface area contributed by atoms with Gasteiger partial charge in [0, 0.05) is 31.0 Å². The van der Waals surface area contributed by atoms with Crippen molar-refractivity contribution in [3.63, 3.8) is 0 Å². The smallest absolute Gasteiger partial charge is 0.410 e. The number of aromatic nitrogens is 1. The molecular weight excluding hydrogens is 282 g/mol. The van der Waals surface area contributed by atoms with Gasteiger partial charge in [0.1, 0.15) is 5.60 Å². The predicted octanol–water partition coefficient (Wildman–Crippen LogP) is 1.98. The maximum absolute atomic E-state index is 12.3. The maximum Gasteiger partial charge on any atom is 0.410 e. The van der Waals surface area contributed by atoms with Crippen molar-refractivity contribution >= 4 is 17.7 Å². The molecule has 1 aromatic heterocycles. The molecule has 22 heavy (non-hydrogen) atoms.